The monoisotopic (exact) mass is 289 g/mol. The average molecular weight is 289 g/mol. The van der Waals surface area contributed by atoms with E-state index in [0.717, 1.165) is 35.6 Å². The molecular weight excluding hydrogens is 265 g/mol. The number of hydrogen-bond donors (Lipinski definition) is 1. The molecule has 0 saturated carbocycles. The fourth-order valence-electron chi connectivity index (χ4n) is 2.45. The normalized spacial score (nSPS) is 12.7. The van der Waals surface area contributed by atoms with Gasteiger partial charge in [-0.2, -0.15) is 0 Å². The van der Waals surface area contributed by atoms with E-state index >= 15 is 0 Å². The van der Waals surface area contributed by atoms with E-state index in [1.54, 1.807) is 13.0 Å². The van der Waals surface area contributed by atoms with Crippen molar-refractivity contribution in [3.8, 4) is 5.69 Å². The lowest BCUT2D eigenvalue weighted by Gasteiger charge is -2.20. The lowest BCUT2D eigenvalue weighted by Crippen LogP contribution is -2.21. The highest BCUT2D eigenvalue weighted by Gasteiger charge is 2.16. The third kappa shape index (κ3) is 3.16. The first kappa shape index (κ1) is 15.7. The van der Waals surface area contributed by atoms with Crippen LogP contribution in [0.1, 0.15) is 48.8 Å². The summed E-state index contributed by atoms with van der Waals surface area (Å²) in [6.45, 7) is 10.9. The van der Waals surface area contributed by atoms with Crippen LogP contribution in [-0.2, 0) is 0 Å². The van der Waals surface area contributed by atoms with E-state index in [2.05, 4.69) is 24.1 Å². The van der Waals surface area contributed by atoms with Crippen LogP contribution in [0, 0.1) is 26.6 Å². The number of imidazole rings is 1. The Morgan fingerprint density at radius 3 is 2.57 bits per heavy atom. The zero-order valence-electron chi connectivity index (χ0n) is 13.5. The van der Waals surface area contributed by atoms with Gasteiger partial charge in [-0.05, 0) is 63.9 Å². The van der Waals surface area contributed by atoms with Crippen LogP contribution in [0.4, 0.5) is 4.39 Å². The minimum absolute atomic E-state index is 0.0946. The molecule has 1 unspecified atom stereocenters. The third-order valence-electron chi connectivity index (χ3n) is 3.99. The predicted molar refractivity (Wildman–Crippen MR) is 84.4 cm³/mol. The Morgan fingerprint density at radius 2 is 2.00 bits per heavy atom. The van der Waals surface area contributed by atoms with Gasteiger partial charge in [0.25, 0.3) is 0 Å². The van der Waals surface area contributed by atoms with Crippen molar-refractivity contribution in [2.24, 2.45) is 0 Å². The van der Waals surface area contributed by atoms with Gasteiger partial charge in [-0.25, -0.2) is 9.37 Å². The highest BCUT2D eigenvalue weighted by molar-refractivity contribution is 5.47. The van der Waals surface area contributed by atoms with Gasteiger partial charge < -0.3 is 9.88 Å². The summed E-state index contributed by atoms with van der Waals surface area (Å²) in [6, 6.07) is 3.65. The van der Waals surface area contributed by atoms with Crippen molar-refractivity contribution in [3.63, 3.8) is 0 Å². The van der Waals surface area contributed by atoms with Crippen LogP contribution in [0.3, 0.4) is 0 Å². The predicted octanol–water partition coefficient (Wildman–Crippen LogP) is 4.00. The molecule has 3 nitrogen and oxygen atoms in total. The van der Waals surface area contributed by atoms with E-state index in [9.17, 15) is 4.39 Å². The molecule has 0 bridgehead atoms. The van der Waals surface area contributed by atoms with Gasteiger partial charge in [-0.1, -0.05) is 6.92 Å². The summed E-state index contributed by atoms with van der Waals surface area (Å²) in [6.07, 6.45) is 2.87. The fraction of sp³-hybridized carbons (Fsp3) is 0.471. The fourth-order valence-corrected chi connectivity index (χ4v) is 2.45. The topological polar surface area (TPSA) is 29.9 Å². The van der Waals surface area contributed by atoms with Crippen molar-refractivity contribution in [2.45, 2.75) is 47.1 Å². The molecule has 0 radical (unpaired) electrons. The van der Waals surface area contributed by atoms with Gasteiger partial charge in [0.05, 0.1) is 17.7 Å². The Labute approximate surface area is 126 Å². The molecule has 0 aliphatic heterocycles. The second-order valence-electron chi connectivity index (χ2n) is 5.62. The summed E-state index contributed by atoms with van der Waals surface area (Å²) in [4.78, 5) is 4.36. The minimum atomic E-state index is -0.159. The summed E-state index contributed by atoms with van der Waals surface area (Å²) >= 11 is 0. The molecule has 4 heteroatoms. The van der Waals surface area contributed by atoms with E-state index in [4.69, 9.17) is 0 Å². The highest BCUT2D eigenvalue weighted by Crippen LogP contribution is 2.26. The van der Waals surface area contributed by atoms with Crippen molar-refractivity contribution in [1.82, 2.24) is 14.9 Å². The van der Waals surface area contributed by atoms with Gasteiger partial charge in [0.15, 0.2) is 0 Å². The molecule has 114 valence electrons. The maximum atomic E-state index is 14.0. The zero-order chi connectivity index (χ0) is 15.6. The Morgan fingerprint density at radius 1 is 1.29 bits per heavy atom. The van der Waals surface area contributed by atoms with Crippen molar-refractivity contribution >= 4 is 0 Å². The first-order chi connectivity index (χ1) is 9.95. The van der Waals surface area contributed by atoms with Crippen molar-refractivity contribution < 1.29 is 4.39 Å². The van der Waals surface area contributed by atoms with E-state index in [0.29, 0.717) is 5.56 Å². The van der Waals surface area contributed by atoms with Gasteiger partial charge in [0, 0.05) is 11.7 Å². The van der Waals surface area contributed by atoms with Gasteiger partial charge in [-0.3, -0.25) is 0 Å². The summed E-state index contributed by atoms with van der Waals surface area (Å²) in [7, 11) is 0. The smallest absolute Gasteiger partial charge is 0.126 e. The standard InChI is InChI=1S/C17H24FN3/c1-6-7-19-13(4)15-9-16(18)11(2)8-17(15)21-10-20-12(3)14(21)5/h8-10,13,19H,6-7H2,1-5H3. The molecule has 0 saturated heterocycles. The van der Waals surface area contributed by atoms with Gasteiger partial charge in [0.2, 0.25) is 0 Å². The molecule has 0 amide bonds. The van der Waals surface area contributed by atoms with E-state index < -0.39 is 0 Å². The number of benzene rings is 1. The Hall–Kier alpha value is -1.68. The van der Waals surface area contributed by atoms with Crippen LogP contribution in [0.2, 0.25) is 0 Å². The summed E-state index contributed by atoms with van der Waals surface area (Å²) < 4.78 is 16.1. The second-order valence-corrected chi connectivity index (χ2v) is 5.62. The number of aryl methyl sites for hydroxylation is 2. The molecule has 1 aromatic carbocycles. The maximum absolute atomic E-state index is 14.0. The second kappa shape index (κ2) is 6.39. The van der Waals surface area contributed by atoms with Crippen LogP contribution >= 0.6 is 0 Å². The zero-order valence-corrected chi connectivity index (χ0v) is 13.5. The Bertz CT molecular complexity index is 631. The molecule has 1 heterocycles. The van der Waals surface area contributed by atoms with Crippen LogP contribution in [0.5, 0.6) is 0 Å². The van der Waals surface area contributed by atoms with Crippen LogP contribution in [-0.4, -0.2) is 16.1 Å². The van der Waals surface area contributed by atoms with E-state index in [-0.39, 0.29) is 11.9 Å². The number of nitrogens with zero attached hydrogens (tertiary/aromatic N) is 2. The van der Waals surface area contributed by atoms with Gasteiger partial charge in [-0.15, -0.1) is 0 Å². The molecule has 2 rings (SSSR count). The average Bonchev–Trinajstić information content (AvgIpc) is 2.79. The Balaban J connectivity index is 2.53. The van der Waals surface area contributed by atoms with Crippen molar-refractivity contribution in [3.05, 3.63) is 46.8 Å². The molecule has 1 N–H and O–H groups in total. The third-order valence-corrected chi connectivity index (χ3v) is 3.99. The lowest BCUT2D eigenvalue weighted by molar-refractivity contribution is 0.558. The van der Waals surface area contributed by atoms with Crippen LogP contribution < -0.4 is 5.32 Å². The first-order valence-corrected chi connectivity index (χ1v) is 7.50. The van der Waals surface area contributed by atoms with Gasteiger partial charge >= 0.3 is 0 Å². The molecule has 1 atom stereocenters. The molecule has 0 aliphatic rings. The molecule has 2 aromatic rings. The van der Waals surface area contributed by atoms with E-state index in [1.807, 2.05) is 30.8 Å². The lowest BCUT2D eigenvalue weighted by atomic mass is 10.0. The summed E-state index contributed by atoms with van der Waals surface area (Å²) in [5.74, 6) is -0.159. The quantitative estimate of drug-likeness (QED) is 0.901. The minimum Gasteiger partial charge on any atom is -0.310 e. The molecule has 0 fully saturated rings. The van der Waals surface area contributed by atoms with Gasteiger partial charge in [0.1, 0.15) is 5.82 Å². The number of halogens is 1. The largest absolute Gasteiger partial charge is 0.310 e. The molecule has 1 aromatic heterocycles. The number of hydrogen-bond acceptors (Lipinski definition) is 2. The van der Waals surface area contributed by atoms with Crippen LogP contribution in [0.15, 0.2) is 18.5 Å². The molecule has 0 spiro atoms. The number of rotatable bonds is 5. The maximum Gasteiger partial charge on any atom is 0.126 e. The Kier molecular flexibility index (Phi) is 4.78. The number of aromatic nitrogens is 2. The molecule has 21 heavy (non-hydrogen) atoms. The summed E-state index contributed by atoms with van der Waals surface area (Å²) in [5.41, 5.74) is 4.71. The number of nitrogens with one attached hydrogen (secondary N) is 1. The molecule has 0 aliphatic carbocycles. The molecular formula is C17H24FN3. The van der Waals surface area contributed by atoms with Crippen molar-refractivity contribution in [1.29, 1.82) is 0 Å². The first-order valence-electron chi connectivity index (χ1n) is 7.50. The van der Waals surface area contributed by atoms with Crippen LogP contribution in [0.25, 0.3) is 5.69 Å². The SMILES string of the molecule is CCCNC(C)c1cc(F)c(C)cc1-n1cnc(C)c1C. The van der Waals surface area contributed by atoms with E-state index in [1.165, 1.54) is 0 Å². The summed E-state index contributed by atoms with van der Waals surface area (Å²) in [5, 5.41) is 3.43. The highest BCUT2D eigenvalue weighted by atomic mass is 19.1. The van der Waals surface area contributed by atoms with Crippen molar-refractivity contribution in [2.75, 3.05) is 6.54 Å².